The van der Waals surface area contributed by atoms with Crippen LogP contribution in [-0.4, -0.2) is 18.6 Å². The predicted molar refractivity (Wildman–Crippen MR) is 147 cm³/mol. The van der Waals surface area contributed by atoms with Gasteiger partial charge < -0.3 is 10.5 Å². The van der Waals surface area contributed by atoms with E-state index in [-0.39, 0.29) is 5.97 Å². The fourth-order valence-corrected chi connectivity index (χ4v) is 4.59. The summed E-state index contributed by atoms with van der Waals surface area (Å²) in [5.74, 6) is -0.276. The standard InChI is InChI=1S/C31H55NO2/c1-2-3-4-5-6-7-8-9-10-11-12-13-14-15-16-17-18-19-20-24-27-34-31(33)30(32)28-29-25-22-21-23-26-29/h21-23,25-26,30H,2-20,24,27-28,32H2,1H3/t30-/m0/s1. The number of ether oxygens (including phenoxy) is 1. The lowest BCUT2D eigenvalue weighted by Crippen LogP contribution is -2.34. The molecule has 0 radical (unpaired) electrons. The summed E-state index contributed by atoms with van der Waals surface area (Å²) in [6.07, 6.45) is 27.9. The van der Waals surface area contributed by atoms with Gasteiger partial charge in [0.25, 0.3) is 0 Å². The molecule has 3 heteroatoms. The van der Waals surface area contributed by atoms with Crippen molar-refractivity contribution in [1.82, 2.24) is 0 Å². The minimum Gasteiger partial charge on any atom is -0.465 e. The number of esters is 1. The Morgan fingerprint density at radius 3 is 1.44 bits per heavy atom. The molecule has 2 N–H and O–H groups in total. The van der Waals surface area contributed by atoms with E-state index in [1.54, 1.807) is 0 Å². The van der Waals surface area contributed by atoms with Crippen LogP contribution in [0, 0.1) is 0 Å². The fraction of sp³-hybridized carbons (Fsp3) is 0.774. The molecule has 0 spiro atoms. The molecule has 0 aliphatic rings. The van der Waals surface area contributed by atoms with Gasteiger partial charge in [-0.25, -0.2) is 0 Å². The molecule has 3 nitrogen and oxygen atoms in total. The summed E-state index contributed by atoms with van der Waals surface area (Å²) in [6, 6.07) is 9.32. The fourth-order valence-electron chi connectivity index (χ4n) is 4.59. The van der Waals surface area contributed by atoms with Crippen LogP contribution in [0.15, 0.2) is 30.3 Å². The van der Waals surface area contributed by atoms with Gasteiger partial charge in [-0.05, 0) is 18.4 Å². The molecule has 0 aromatic heterocycles. The van der Waals surface area contributed by atoms with Crippen molar-refractivity contribution in [3.63, 3.8) is 0 Å². The molecule has 0 fully saturated rings. The van der Waals surface area contributed by atoms with E-state index in [0.29, 0.717) is 13.0 Å². The minimum absolute atomic E-state index is 0.276. The van der Waals surface area contributed by atoms with Crippen LogP contribution in [0.1, 0.15) is 141 Å². The van der Waals surface area contributed by atoms with E-state index >= 15 is 0 Å². The van der Waals surface area contributed by atoms with Gasteiger partial charge in [-0.15, -0.1) is 0 Å². The van der Waals surface area contributed by atoms with Crippen LogP contribution >= 0.6 is 0 Å². The van der Waals surface area contributed by atoms with Crippen molar-refractivity contribution in [2.45, 2.75) is 148 Å². The summed E-state index contributed by atoms with van der Waals surface area (Å²) >= 11 is 0. The molecule has 0 unspecified atom stereocenters. The predicted octanol–water partition coefficient (Wildman–Crippen LogP) is 8.92. The molecule has 0 bridgehead atoms. The Kier molecular flexibility index (Phi) is 21.1. The number of hydrogen-bond donors (Lipinski definition) is 1. The molecule has 1 aromatic rings. The van der Waals surface area contributed by atoms with Gasteiger partial charge in [0, 0.05) is 0 Å². The highest BCUT2D eigenvalue weighted by atomic mass is 16.5. The Morgan fingerprint density at radius 2 is 1.03 bits per heavy atom. The first-order valence-corrected chi connectivity index (χ1v) is 14.7. The number of rotatable bonds is 24. The maximum atomic E-state index is 12.0. The van der Waals surface area contributed by atoms with Crippen LogP contribution in [0.3, 0.4) is 0 Å². The molecule has 0 heterocycles. The van der Waals surface area contributed by atoms with Crippen LogP contribution in [0.2, 0.25) is 0 Å². The third-order valence-electron chi connectivity index (χ3n) is 6.84. The third-order valence-corrected chi connectivity index (χ3v) is 6.84. The van der Waals surface area contributed by atoms with Crippen molar-refractivity contribution in [3.05, 3.63) is 35.9 Å². The van der Waals surface area contributed by atoms with E-state index in [1.807, 2.05) is 30.3 Å². The quantitative estimate of drug-likeness (QED) is 0.120. The zero-order valence-electron chi connectivity index (χ0n) is 22.4. The normalized spacial score (nSPS) is 12.1. The summed E-state index contributed by atoms with van der Waals surface area (Å²) in [4.78, 5) is 12.0. The van der Waals surface area contributed by atoms with E-state index in [2.05, 4.69) is 6.92 Å². The average Bonchev–Trinajstić information content (AvgIpc) is 2.85. The van der Waals surface area contributed by atoms with Crippen molar-refractivity contribution in [3.8, 4) is 0 Å². The third kappa shape index (κ3) is 19.0. The van der Waals surface area contributed by atoms with E-state index in [9.17, 15) is 4.79 Å². The lowest BCUT2D eigenvalue weighted by Gasteiger charge is -2.11. The number of benzene rings is 1. The van der Waals surface area contributed by atoms with Crippen LogP contribution in [-0.2, 0) is 16.0 Å². The van der Waals surface area contributed by atoms with E-state index in [1.165, 1.54) is 116 Å². The molecule has 1 rings (SSSR count). The molecule has 1 atom stereocenters. The first-order chi connectivity index (χ1) is 16.7. The molecule has 0 aliphatic carbocycles. The average molecular weight is 474 g/mol. The van der Waals surface area contributed by atoms with E-state index < -0.39 is 6.04 Å². The van der Waals surface area contributed by atoms with Gasteiger partial charge in [-0.3, -0.25) is 4.79 Å². The van der Waals surface area contributed by atoms with Crippen LogP contribution in [0.5, 0.6) is 0 Å². The SMILES string of the molecule is CCCCCCCCCCCCCCCCCCCCCCOC(=O)[C@@H](N)Cc1ccccc1. The molecule has 0 saturated heterocycles. The number of hydrogen-bond acceptors (Lipinski definition) is 3. The summed E-state index contributed by atoms with van der Waals surface area (Å²) in [5.41, 5.74) is 7.04. The maximum Gasteiger partial charge on any atom is 0.323 e. The first-order valence-electron chi connectivity index (χ1n) is 14.7. The topological polar surface area (TPSA) is 52.3 Å². The lowest BCUT2D eigenvalue weighted by atomic mass is 10.0. The van der Waals surface area contributed by atoms with Gasteiger partial charge in [-0.2, -0.15) is 0 Å². The molecule has 0 amide bonds. The molecule has 196 valence electrons. The van der Waals surface area contributed by atoms with Crippen LogP contribution < -0.4 is 5.73 Å². The second kappa shape index (κ2) is 23.4. The van der Waals surface area contributed by atoms with Gasteiger partial charge in [0.15, 0.2) is 0 Å². The van der Waals surface area contributed by atoms with Gasteiger partial charge >= 0.3 is 5.97 Å². The zero-order valence-corrected chi connectivity index (χ0v) is 22.4. The molecule has 0 saturated carbocycles. The maximum absolute atomic E-state index is 12.0. The van der Waals surface area contributed by atoms with Gasteiger partial charge in [0.1, 0.15) is 6.04 Å². The highest BCUT2D eigenvalue weighted by Gasteiger charge is 2.15. The summed E-state index contributed by atoms with van der Waals surface area (Å²) in [6.45, 7) is 2.79. The van der Waals surface area contributed by atoms with Crippen molar-refractivity contribution in [2.24, 2.45) is 5.73 Å². The number of carbonyl (C=O) groups excluding carboxylic acids is 1. The number of unbranched alkanes of at least 4 members (excludes halogenated alkanes) is 19. The molecule has 0 aliphatic heterocycles. The monoisotopic (exact) mass is 473 g/mol. The largest absolute Gasteiger partial charge is 0.465 e. The van der Waals surface area contributed by atoms with E-state index in [4.69, 9.17) is 10.5 Å². The minimum atomic E-state index is -0.562. The second-order valence-corrected chi connectivity index (χ2v) is 10.2. The smallest absolute Gasteiger partial charge is 0.323 e. The van der Waals surface area contributed by atoms with Crippen LogP contribution in [0.25, 0.3) is 0 Å². The van der Waals surface area contributed by atoms with E-state index in [0.717, 1.165) is 18.4 Å². The highest BCUT2D eigenvalue weighted by molar-refractivity contribution is 5.75. The number of carbonyl (C=O) groups is 1. The Labute approximate surface area is 211 Å². The first kappa shape index (κ1) is 30.7. The zero-order chi connectivity index (χ0) is 24.5. The van der Waals surface area contributed by atoms with Gasteiger partial charge in [0.2, 0.25) is 0 Å². The van der Waals surface area contributed by atoms with Gasteiger partial charge in [0.05, 0.1) is 6.61 Å². The Balaban J connectivity index is 1.75. The summed E-state index contributed by atoms with van der Waals surface area (Å²) in [5, 5.41) is 0. The van der Waals surface area contributed by atoms with Gasteiger partial charge in [-0.1, -0.05) is 159 Å². The Hall–Kier alpha value is -1.35. The summed E-state index contributed by atoms with van der Waals surface area (Å²) < 4.78 is 5.35. The van der Waals surface area contributed by atoms with Crippen molar-refractivity contribution in [1.29, 1.82) is 0 Å². The van der Waals surface area contributed by atoms with Crippen molar-refractivity contribution in [2.75, 3.05) is 6.61 Å². The second-order valence-electron chi connectivity index (χ2n) is 10.2. The molecular formula is C31H55NO2. The molecule has 1 aromatic carbocycles. The van der Waals surface area contributed by atoms with Crippen LogP contribution in [0.4, 0.5) is 0 Å². The Bertz CT molecular complexity index is 560. The van der Waals surface area contributed by atoms with Crippen molar-refractivity contribution < 1.29 is 9.53 Å². The number of nitrogens with two attached hydrogens (primary N) is 1. The molecule has 34 heavy (non-hydrogen) atoms. The summed E-state index contributed by atoms with van der Waals surface area (Å²) in [7, 11) is 0. The Morgan fingerprint density at radius 1 is 0.647 bits per heavy atom. The lowest BCUT2D eigenvalue weighted by molar-refractivity contribution is -0.145. The molecular weight excluding hydrogens is 418 g/mol. The van der Waals surface area contributed by atoms with Crippen molar-refractivity contribution >= 4 is 5.97 Å². The highest BCUT2D eigenvalue weighted by Crippen LogP contribution is 2.15.